The van der Waals surface area contributed by atoms with E-state index in [2.05, 4.69) is 38.9 Å². The van der Waals surface area contributed by atoms with Crippen LogP contribution in [0.25, 0.3) is 11.0 Å². The molecule has 0 aliphatic heterocycles. The van der Waals surface area contributed by atoms with E-state index in [4.69, 9.17) is 4.74 Å². The van der Waals surface area contributed by atoms with Gasteiger partial charge >= 0.3 is 0 Å². The van der Waals surface area contributed by atoms with Crippen molar-refractivity contribution in [2.75, 3.05) is 25.1 Å². The molecule has 0 aliphatic carbocycles. The molecule has 2 aromatic heterocycles. The van der Waals surface area contributed by atoms with Crippen LogP contribution >= 0.6 is 0 Å². The molecule has 2 heterocycles. The van der Waals surface area contributed by atoms with Gasteiger partial charge in [0.2, 0.25) is 0 Å². The molecule has 3 rings (SSSR count). The Balaban J connectivity index is 1.70. The lowest BCUT2D eigenvalue weighted by Crippen LogP contribution is -2.25. The molecule has 0 spiro atoms. The van der Waals surface area contributed by atoms with Gasteiger partial charge in [0, 0.05) is 13.2 Å². The van der Waals surface area contributed by atoms with Crippen LogP contribution in [0.15, 0.2) is 42.6 Å². The second kappa shape index (κ2) is 7.25. The van der Waals surface area contributed by atoms with Crippen molar-refractivity contribution in [3.8, 4) is 5.75 Å². The SMILES string of the molecule is CCc1cccc(OCCN(C)c2nc(C)nc3ncccc23)c1. The zero-order valence-electron chi connectivity index (χ0n) is 14.4. The first-order chi connectivity index (χ1) is 11.7. The topological polar surface area (TPSA) is 51.1 Å². The number of hydrogen-bond acceptors (Lipinski definition) is 5. The first-order valence-corrected chi connectivity index (χ1v) is 8.19. The number of pyridine rings is 1. The number of hydrogen-bond donors (Lipinski definition) is 0. The molecule has 0 N–H and O–H groups in total. The van der Waals surface area contributed by atoms with Crippen LogP contribution in [0.2, 0.25) is 0 Å². The van der Waals surface area contributed by atoms with E-state index in [1.165, 1.54) is 5.56 Å². The van der Waals surface area contributed by atoms with Gasteiger partial charge in [-0.1, -0.05) is 19.1 Å². The van der Waals surface area contributed by atoms with Crippen molar-refractivity contribution in [3.05, 3.63) is 54.0 Å². The van der Waals surface area contributed by atoms with Crippen LogP contribution < -0.4 is 9.64 Å². The predicted octanol–water partition coefficient (Wildman–Crippen LogP) is 3.41. The van der Waals surface area contributed by atoms with E-state index >= 15 is 0 Å². The molecule has 3 aromatic rings. The summed E-state index contributed by atoms with van der Waals surface area (Å²) >= 11 is 0. The highest BCUT2D eigenvalue weighted by atomic mass is 16.5. The van der Waals surface area contributed by atoms with Crippen molar-refractivity contribution in [1.29, 1.82) is 0 Å². The van der Waals surface area contributed by atoms with Crippen LogP contribution in [-0.4, -0.2) is 35.2 Å². The zero-order chi connectivity index (χ0) is 16.9. The summed E-state index contributed by atoms with van der Waals surface area (Å²) in [4.78, 5) is 15.4. The maximum absolute atomic E-state index is 5.88. The number of aromatic nitrogens is 3. The Morgan fingerprint density at radius 2 is 2.00 bits per heavy atom. The van der Waals surface area contributed by atoms with E-state index in [1.807, 2.05) is 38.2 Å². The molecule has 1 aromatic carbocycles. The van der Waals surface area contributed by atoms with Gasteiger partial charge in [-0.3, -0.25) is 0 Å². The third-order valence-corrected chi connectivity index (χ3v) is 3.93. The Hall–Kier alpha value is -2.69. The summed E-state index contributed by atoms with van der Waals surface area (Å²) in [6.45, 7) is 5.35. The fourth-order valence-electron chi connectivity index (χ4n) is 2.60. The monoisotopic (exact) mass is 322 g/mol. The molecule has 5 nitrogen and oxygen atoms in total. The summed E-state index contributed by atoms with van der Waals surface area (Å²) in [5.41, 5.74) is 2.01. The highest BCUT2D eigenvalue weighted by molar-refractivity contribution is 5.86. The number of rotatable bonds is 6. The molecular weight excluding hydrogens is 300 g/mol. The molecule has 0 unspecified atom stereocenters. The number of benzene rings is 1. The second-order valence-electron chi connectivity index (χ2n) is 5.74. The number of fused-ring (bicyclic) bond motifs is 1. The molecule has 124 valence electrons. The molecule has 0 amide bonds. The Labute approximate surface area is 142 Å². The molecule has 0 atom stereocenters. The maximum atomic E-state index is 5.88. The van der Waals surface area contributed by atoms with Gasteiger partial charge in [-0.2, -0.15) is 0 Å². The average Bonchev–Trinajstić information content (AvgIpc) is 2.61. The molecule has 0 bridgehead atoms. The first-order valence-electron chi connectivity index (χ1n) is 8.19. The molecule has 0 saturated carbocycles. The number of anilines is 1. The van der Waals surface area contributed by atoms with Crippen molar-refractivity contribution in [1.82, 2.24) is 15.0 Å². The summed E-state index contributed by atoms with van der Waals surface area (Å²) in [5, 5.41) is 0.957. The predicted molar refractivity (Wildman–Crippen MR) is 96.7 cm³/mol. The third kappa shape index (κ3) is 3.62. The number of aryl methyl sites for hydroxylation is 2. The lowest BCUT2D eigenvalue weighted by molar-refractivity contribution is 0.325. The lowest BCUT2D eigenvalue weighted by Gasteiger charge is -2.20. The minimum Gasteiger partial charge on any atom is -0.492 e. The quantitative estimate of drug-likeness (QED) is 0.696. The average molecular weight is 322 g/mol. The molecule has 0 radical (unpaired) electrons. The van der Waals surface area contributed by atoms with E-state index in [1.54, 1.807) is 6.20 Å². The molecule has 24 heavy (non-hydrogen) atoms. The minimum absolute atomic E-state index is 0.592. The van der Waals surface area contributed by atoms with Crippen LogP contribution in [0.5, 0.6) is 5.75 Å². The van der Waals surface area contributed by atoms with Crippen LogP contribution in [0.3, 0.4) is 0 Å². The second-order valence-corrected chi connectivity index (χ2v) is 5.74. The van der Waals surface area contributed by atoms with Gasteiger partial charge in [-0.05, 0) is 43.2 Å². The number of nitrogens with zero attached hydrogens (tertiary/aromatic N) is 4. The Bertz CT molecular complexity index is 834. The highest BCUT2D eigenvalue weighted by Gasteiger charge is 2.10. The van der Waals surface area contributed by atoms with Gasteiger partial charge in [-0.25, -0.2) is 15.0 Å². The smallest absolute Gasteiger partial charge is 0.164 e. The van der Waals surface area contributed by atoms with Crippen molar-refractivity contribution in [2.24, 2.45) is 0 Å². The van der Waals surface area contributed by atoms with Crippen molar-refractivity contribution in [2.45, 2.75) is 20.3 Å². The van der Waals surface area contributed by atoms with E-state index in [9.17, 15) is 0 Å². The molecule has 0 fully saturated rings. The summed E-state index contributed by atoms with van der Waals surface area (Å²) in [6.07, 6.45) is 2.76. The van der Waals surface area contributed by atoms with Gasteiger partial charge in [-0.15, -0.1) is 0 Å². The summed E-state index contributed by atoms with van der Waals surface area (Å²) < 4.78 is 5.88. The van der Waals surface area contributed by atoms with Gasteiger partial charge in [0.15, 0.2) is 5.65 Å². The Morgan fingerprint density at radius 3 is 2.83 bits per heavy atom. The van der Waals surface area contributed by atoms with Crippen molar-refractivity contribution < 1.29 is 4.74 Å². The lowest BCUT2D eigenvalue weighted by atomic mass is 10.2. The van der Waals surface area contributed by atoms with Crippen molar-refractivity contribution >= 4 is 16.9 Å². The molecule has 0 saturated heterocycles. The fourth-order valence-corrected chi connectivity index (χ4v) is 2.60. The minimum atomic E-state index is 0.592. The van der Waals surface area contributed by atoms with E-state index in [0.717, 1.165) is 41.4 Å². The number of ether oxygens (including phenoxy) is 1. The van der Waals surface area contributed by atoms with Gasteiger partial charge in [0.1, 0.15) is 24.0 Å². The van der Waals surface area contributed by atoms with Crippen LogP contribution in [0.4, 0.5) is 5.82 Å². The van der Waals surface area contributed by atoms with Crippen molar-refractivity contribution in [3.63, 3.8) is 0 Å². The Kier molecular flexibility index (Phi) is 4.89. The summed E-state index contributed by atoms with van der Waals surface area (Å²) in [7, 11) is 2.01. The standard InChI is InChI=1S/C19H22N4O/c1-4-15-7-5-8-16(13-15)24-12-11-23(3)19-17-9-6-10-20-18(17)21-14(2)22-19/h5-10,13H,4,11-12H2,1-3H3. The number of likely N-dealkylation sites (N-methyl/N-ethyl adjacent to an activating group) is 1. The van der Waals surface area contributed by atoms with E-state index < -0.39 is 0 Å². The van der Waals surface area contributed by atoms with Crippen LogP contribution in [-0.2, 0) is 6.42 Å². The summed E-state index contributed by atoms with van der Waals surface area (Å²) in [5.74, 6) is 2.52. The highest BCUT2D eigenvalue weighted by Crippen LogP contribution is 2.21. The zero-order valence-corrected chi connectivity index (χ0v) is 14.4. The molecular formula is C19H22N4O. The maximum Gasteiger partial charge on any atom is 0.164 e. The molecule has 0 aliphatic rings. The summed E-state index contributed by atoms with van der Waals surface area (Å²) in [6, 6.07) is 12.1. The van der Waals surface area contributed by atoms with Crippen LogP contribution in [0.1, 0.15) is 18.3 Å². The largest absolute Gasteiger partial charge is 0.492 e. The fraction of sp³-hybridized carbons (Fsp3) is 0.316. The van der Waals surface area contributed by atoms with Gasteiger partial charge in [0.25, 0.3) is 0 Å². The Morgan fingerprint density at radius 1 is 1.12 bits per heavy atom. The van der Waals surface area contributed by atoms with E-state index in [-0.39, 0.29) is 0 Å². The van der Waals surface area contributed by atoms with E-state index in [0.29, 0.717) is 6.61 Å². The van der Waals surface area contributed by atoms with Gasteiger partial charge in [0.05, 0.1) is 11.9 Å². The normalized spacial score (nSPS) is 10.8. The van der Waals surface area contributed by atoms with Crippen LogP contribution in [0, 0.1) is 6.92 Å². The first kappa shape index (κ1) is 16.2. The van der Waals surface area contributed by atoms with Gasteiger partial charge < -0.3 is 9.64 Å². The molecule has 5 heteroatoms. The third-order valence-electron chi connectivity index (χ3n) is 3.93.